The molecule has 0 fully saturated rings. The third kappa shape index (κ3) is 4.99. The van der Waals surface area contributed by atoms with Crippen LogP contribution in [0.4, 0.5) is 5.82 Å². The number of nitrogens with one attached hydrogen (secondary N) is 1. The van der Waals surface area contributed by atoms with Crippen LogP contribution in [-0.2, 0) is 0 Å². The Bertz CT molecular complexity index is 330. The third-order valence-corrected chi connectivity index (χ3v) is 2.38. The van der Waals surface area contributed by atoms with E-state index in [1.165, 1.54) is 0 Å². The first-order valence-corrected chi connectivity index (χ1v) is 5.91. The number of ether oxygens (including phenoxy) is 1. The van der Waals surface area contributed by atoms with Gasteiger partial charge in [0.25, 0.3) is 0 Å². The van der Waals surface area contributed by atoms with E-state index in [0.717, 1.165) is 25.5 Å². The number of likely N-dealkylation sites (N-methyl/N-ethyl adjacent to an activating group) is 1. The van der Waals surface area contributed by atoms with Crippen LogP contribution in [0.3, 0.4) is 0 Å². The maximum atomic E-state index is 5.05. The summed E-state index contributed by atoms with van der Waals surface area (Å²) in [6, 6.07) is 0. The Morgan fingerprint density at radius 1 is 1.41 bits per heavy atom. The minimum Gasteiger partial charge on any atom is -0.480 e. The van der Waals surface area contributed by atoms with Crippen LogP contribution in [0.15, 0.2) is 12.4 Å². The number of aromatic nitrogens is 2. The molecule has 0 bridgehead atoms. The highest BCUT2D eigenvalue weighted by molar-refractivity contribution is 5.36. The molecule has 0 aliphatic rings. The van der Waals surface area contributed by atoms with Gasteiger partial charge in [-0.05, 0) is 12.5 Å². The molecule has 0 aromatic carbocycles. The molecule has 1 rings (SSSR count). The Kier molecular flexibility index (Phi) is 5.69. The minimum absolute atomic E-state index is 0.546. The van der Waals surface area contributed by atoms with Crippen LogP contribution >= 0.6 is 0 Å². The summed E-state index contributed by atoms with van der Waals surface area (Å²) in [5, 5.41) is 3.39. The minimum atomic E-state index is 0.546. The van der Waals surface area contributed by atoms with E-state index in [-0.39, 0.29) is 0 Å². The summed E-state index contributed by atoms with van der Waals surface area (Å²) in [6.45, 7) is 7.27. The van der Waals surface area contributed by atoms with Gasteiger partial charge in [0.05, 0.1) is 19.5 Å². The van der Waals surface area contributed by atoms with Crippen LogP contribution in [0, 0.1) is 5.92 Å². The molecule has 0 saturated heterocycles. The highest BCUT2D eigenvalue weighted by Gasteiger charge is 2.04. The summed E-state index contributed by atoms with van der Waals surface area (Å²) >= 11 is 0. The molecule has 0 aliphatic carbocycles. The van der Waals surface area contributed by atoms with Crippen molar-refractivity contribution in [3.63, 3.8) is 0 Å². The molecule has 96 valence electrons. The molecule has 0 atom stereocenters. The molecule has 1 N–H and O–H groups in total. The summed E-state index contributed by atoms with van der Waals surface area (Å²) in [5.74, 6) is 2.05. The zero-order chi connectivity index (χ0) is 12.7. The molecule has 1 heterocycles. The van der Waals surface area contributed by atoms with Gasteiger partial charge in [-0.2, -0.15) is 4.98 Å². The van der Waals surface area contributed by atoms with Crippen LogP contribution in [0.1, 0.15) is 13.8 Å². The molecule has 0 radical (unpaired) electrons. The third-order valence-electron chi connectivity index (χ3n) is 2.38. The lowest BCUT2D eigenvalue weighted by Gasteiger charge is -2.18. The first kappa shape index (κ1) is 13.7. The van der Waals surface area contributed by atoms with E-state index in [1.807, 2.05) is 7.05 Å². The number of rotatable bonds is 7. The smallest absolute Gasteiger partial charge is 0.233 e. The summed E-state index contributed by atoms with van der Waals surface area (Å²) in [7, 11) is 3.60. The normalized spacial score (nSPS) is 10.6. The van der Waals surface area contributed by atoms with Crippen molar-refractivity contribution in [1.82, 2.24) is 15.3 Å². The fourth-order valence-electron chi connectivity index (χ4n) is 1.37. The van der Waals surface area contributed by atoms with Crippen molar-refractivity contribution in [1.29, 1.82) is 0 Å². The van der Waals surface area contributed by atoms with Crippen LogP contribution in [0.5, 0.6) is 5.88 Å². The van der Waals surface area contributed by atoms with Gasteiger partial charge in [-0.15, -0.1) is 0 Å². The van der Waals surface area contributed by atoms with Gasteiger partial charge in [-0.25, -0.2) is 0 Å². The Hall–Kier alpha value is -1.36. The topological polar surface area (TPSA) is 50.3 Å². The number of hydrogen-bond donors (Lipinski definition) is 1. The molecule has 1 aromatic rings. The predicted molar refractivity (Wildman–Crippen MR) is 69.6 cm³/mol. The number of hydrogen-bond acceptors (Lipinski definition) is 5. The van der Waals surface area contributed by atoms with Gasteiger partial charge >= 0.3 is 0 Å². The van der Waals surface area contributed by atoms with Crippen molar-refractivity contribution >= 4 is 5.82 Å². The molecule has 0 saturated carbocycles. The Morgan fingerprint density at radius 2 is 2.18 bits per heavy atom. The molecule has 5 heteroatoms. The van der Waals surface area contributed by atoms with Crippen LogP contribution in [0.25, 0.3) is 0 Å². The second-order valence-corrected chi connectivity index (χ2v) is 4.44. The van der Waals surface area contributed by atoms with Gasteiger partial charge in [-0.1, -0.05) is 13.8 Å². The molecule has 0 amide bonds. The van der Waals surface area contributed by atoms with E-state index in [9.17, 15) is 0 Å². The predicted octanol–water partition coefficient (Wildman–Crippen LogP) is 1.17. The summed E-state index contributed by atoms with van der Waals surface area (Å²) in [6.07, 6.45) is 3.35. The lowest BCUT2D eigenvalue weighted by Crippen LogP contribution is -2.31. The van der Waals surface area contributed by atoms with Gasteiger partial charge in [0.2, 0.25) is 5.88 Å². The highest BCUT2D eigenvalue weighted by Crippen LogP contribution is 2.11. The van der Waals surface area contributed by atoms with Gasteiger partial charge in [0, 0.05) is 20.1 Å². The first-order valence-electron chi connectivity index (χ1n) is 5.91. The summed E-state index contributed by atoms with van der Waals surface area (Å²) < 4.78 is 5.05. The molecule has 5 nitrogen and oxygen atoms in total. The quantitative estimate of drug-likeness (QED) is 0.723. The van der Waals surface area contributed by atoms with E-state index in [1.54, 1.807) is 19.5 Å². The van der Waals surface area contributed by atoms with Crippen LogP contribution < -0.4 is 15.0 Å². The molecular formula is C12H22N4O. The van der Waals surface area contributed by atoms with Crippen LogP contribution in [-0.4, -0.2) is 43.8 Å². The zero-order valence-electron chi connectivity index (χ0n) is 11.1. The number of methoxy groups -OCH3 is 1. The molecule has 1 aromatic heterocycles. The standard InChI is InChI=1S/C12H22N4O/c1-10(2)7-13-5-6-16(3)11-8-14-9-12(15-11)17-4/h8-10,13H,5-7H2,1-4H3. The van der Waals surface area contributed by atoms with Crippen molar-refractivity contribution in [2.24, 2.45) is 5.92 Å². The van der Waals surface area contributed by atoms with Crippen molar-refractivity contribution in [2.75, 3.05) is 38.7 Å². The van der Waals surface area contributed by atoms with Gasteiger partial charge in [0.15, 0.2) is 5.82 Å². The fraction of sp³-hybridized carbons (Fsp3) is 0.667. The Balaban J connectivity index is 2.38. The second-order valence-electron chi connectivity index (χ2n) is 4.44. The van der Waals surface area contributed by atoms with E-state index < -0.39 is 0 Å². The molecule has 17 heavy (non-hydrogen) atoms. The van der Waals surface area contributed by atoms with Crippen molar-refractivity contribution in [2.45, 2.75) is 13.8 Å². The maximum Gasteiger partial charge on any atom is 0.233 e. The lowest BCUT2D eigenvalue weighted by atomic mass is 10.2. The zero-order valence-corrected chi connectivity index (χ0v) is 11.1. The molecular weight excluding hydrogens is 216 g/mol. The monoisotopic (exact) mass is 238 g/mol. The van der Waals surface area contributed by atoms with Gasteiger partial charge < -0.3 is 15.0 Å². The van der Waals surface area contributed by atoms with Gasteiger partial charge in [-0.3, -0.25) is 4.98 Å². The average Bonchev–Trinajstić information content (AvgIpc) is 2.34. The van der Waals surface area contributed by atoms with Crippen molar-refractivity contribution in [3.05, 3.63) is 12.4 Å². The van der Waals surface area contributed by atoms with Crippen molar-refractivity contribution in [3.8, 4) is 5.88 Å². The number of nitrogens with zero attached hydrogens (tertiary/aromatic N) is 3. The fourth-order valence-corrected chi connectivity index (χ4v) is 1.37. The average molecular weight is 238 g/mol. The van der Waals surface area contributed by atoms with E-state index >= 15 is 0 Å². The second kappa shape index (κ2) is 7.06. The van der Waals surface area contributed by atoms with E-state index in [2.05, 4.69) is 34.0 Å². The lowest BCUT2D eigenvalue weighted by molar-refractivity contribution is 0.395. The molecule has 0 aliphatic heterocycles. The highest BCUT2D eigenvalue weighted by atomic mass is 16.5. The summed E-state index contributed by atoms with van der Waals surface area (Å²) in [4.78, 5) is 10.5. The number of anilines is 1. The SMILES string of the molecule is COc1cncc(N(C)CCNCC(C)C)n1. The maximum absolute atomic E-state index is 5.05. The first-order chi connectivity index (χ1) is 8.13. The van der Waals surface area contributed by atoms with Crippen molar-refractivity contribution < 1.29 is 4.74 Å². The Labute approximate surface area is 103 Å². The molecule has 0 unspecified atom stereocenters. The van der Waals surface area contributed by atoms with Crippen LogP contribution in [0.2, 0.25) is 0 Å². The summed E-state index contributed by atoms with van der Waals surface area (Å²) in [5.41, 5.74) is 0. The largest absolute Gasteiger partial charge is 0.480 e. The van der Waals surface area contributed by atoms with Gasteiger partial charge in [0.1, 0.15) is 0 Å². The molecule has 0 spiro atoms. The Morgan fingerprint density at radius 3 is 2.82 bits per heavy atom. The van der Waals surface area contributed by atoms with E-state index in [0.29, 0.717) is 11.8 Å². The van der Waals surface area contributed by atoms with E-state index in [4.69, 9.17) is 4.74 Å².